The Labute approximate surface area is 104 Å². The number of fused-ring (bicyclic) bond motifs is 1. The largest absolute Gasteiger partial charge is 0.480 e. The Morgan fingerprint density at radius 3 is 3.00 bits per heavy atom. The van der Waals surface area contributed by atoms with Crippen LogP contribution in [0, 0.1) is 5.82 Å². The molecule has 1 aromatic carbocycles. The van der Waals surface area contributed by atoms with Crippen molar-refractivity contribution in [2.45, 2.75) is 12.5 Å². The standard InChI is InChI=1S/C10H9BrFNO4/c11-5-2-7-9(17-3-16-7)4(8(5)12)1-6(13)10(14)15/h2,6H,1,3,13H2,(H,14,15). The highest BCUT2D eigenvalue weighted by atomic mass is 79.9. The Morgan fingerprint density at radius 2 is 2.35 bits per heavy atom. The number of hydrogen-bond donors (Lipinski definition) is 2. The summed E-state index contributed by atoms with van der Waals surface area (Å²) >= 11 is 3.03. The highest BCUT2D eigenvalue weighted by Gasteiger charge is 2.26. The van der Waals surface area contributed by atoms with Crippen LogP contribution in [-0.2, 0) is 11.2 Å². The molecule has 1 aromatic rings. The van der Waals surface area contributed by atoms with Crippen molar-refractivity contribution in [1.29, 1.82) is 0 Å². The maximum atomic E-state index is 13.8. The van der Waals surface area contributed by atoms with Gasteiger partial charge in [0.05, 0.1) is 4.47 Å². The van der Waals surface area contributed by atoms with Crippen LogP contribution in [0.5, 0.6) is 11.5 Å². The van der Waals surface area contributed by atoms with Gasteiger partial charge in [-0.1, -0.05) is 0 Å². The van der Waals surface area contributed by atoms with Gasteiger partial charge in [-0.15, -0.1) is 0 Å². The average Bonchev–Trinajstić information content (AvgIpc) is 2.71. The summed E-state index contributed by atoms with van der Waals surface area (Å²) in [5.74, 6) is -1.17. The zero-order chi connectivity index (χ0) is 12.6. The molecule has 0 radical (unpaired) electrons. The maximum Gasteiger partial charge on any atom is 0.320 e. The zero-order valence-corrected chi connectivity index (χ0v) is 10.2. The second-order valence-electron chi connectivity index (χ2n) is 3.53. The minimum atomic E-state index is -1.20. The molecular formula is C10H9BrFNO4. The van der Waals surface area contributed by atoms with Gasteiger partial charge in [-0.05, 0) is 15.9 Å². The Kier molecular flexibility index (Phi) is 3.21. The van der Waals surface area contributed by atoms with Gasteiger partial charge in [0.2, 0.25) is 6.79 Å². The summed E-state index contributed by atoms with van der Waals surface area (Å²) in [5.41, 5.74) is 5.50. The molecule has 0 aromatic heterocycles. The van der Waals surface area contributed by atoms with E-state index in [2.05, 4.69) is 15.9 Å². The van der Waals surface area contributed by atoms with Gasteiger partial charge in [-0.3, -0.25) is 4.79 Å². The van der Waals surface area contributed by atoms with Gasteiger partial charge in [0, 0.05) is 18.1 Å². The van der Waals surface area contributed by atoms with Crippen LogP contribution in [0.4, 0.5) is 4.39 Å². The van der Waals surface area contributed by atoms with E-state index in [-0.39, 0.29) is 29.0 Å². The fourth-order valence-electron chi connectivity index (χ4n) is 1.54. The minimum Gasteiger partial charge on any atom is -0.480 e. The topological polar surface area (TPSA) is 81.8 Å². The number of carboxylic acid groups (broad SMARTS) is 1. The van der Waals surface area contributed by atoms with E-state index in [4.69, 9.17) is 20.3 Å². The van der Waals surface area contributed by atoms with Gasteiger partial charge in [0.15, 0.2) is 11.5 Å². The molecule has 1 unspecified atom stereocenters. The third-order valence-corrected chi connectivity index (χ3v) is 2.97. The van der Waals surface area contributed by atoms with Crippen LogP contribution in [0.25, 0.3) is 0 Å². The SMILES string of the molecule is NC(Cc1c(F)c(Br)cc2c1OCO2)C(=O)O. The summed E-state index contributed by atoms with van der Waals surface area (Å²) in [5, 5.41) is 8.72. The first-order valence-corrected chi connectivity index (χ1v) is 5.55. The highest BCUT2D eigenvalue weighted by molar-refractivity contribution is 9.10. The number of halogens is 2. The van der Waals surface area contributed by atoms with Gasteiger partial charge in [-0.25, -0.2) is 4.39 Å². The smallest absolute Gasteiger partial charge is 0.320 e. The Bertz CT molecular complexity index is 480. The predicted octanol–water partition coefficient (Wildman–Crippen LogP) is 1.27. The van der Waals surface area contributed by atoms with E-state index >= 15 is 0 Å². The van der Waals surface area contributed by atoms with Crippen molar-refractivity contribution in [2.24, 2.45) is 5.73 Å². The fraction of sp³-hybridized carbons (Fsp3) is 0.300. The van der Waals surface area contributed by atoms with Crippen LogP contribution in [-0.4, -0.2) is 23.9 Å². The van der Waals surface area contributed by atoms with Crippen LogP contribution in [0.15, 0.2) is 10.5 Å². The van der Waals surface area contributed by atoms with Crippen molar-refractivity contribution in [3.8, 4) is 11.5 Å². The number of nitrogens with two attached hydrogens (primary N) is 1. The molecule has 0 aliphatic carbocycles. The molecule has 5 nitrogen and oxygen atoms in total. The monoisotopic (exact) mass is 305 g/mol. The van der Waals surface area contributed by atoms with Crippen molar-refractivity contribution in [2.75, 3.05) is 6.79 Å². The summed E-state index contributed by atoms with van der Waals surface area (Å²) in [6.07, 6.45) is -0.160. The first-order valence-electron chi connectivity index (χ1n) is 4.75. The number of hydrogen-bond acceptors (Lipinski definition) is 4. The molecule has 0 amide bonds. The molecular weight excluding hydrogens is 297 g/mol. The molecule has 0 saturated heterocycles. The third kappa shape index (κ3) is 2.20. The molecule has 17 heavy (non-hydrogen) atoms. The van der Waals surface area contributed by atoms with E-state index < -0.39 is 17.8 Å². The van der Waals surface area contributed by atoms with Crippen LogP contribution in [0.2, 0.25) is 0 Å². The lowest BCUT2D eigenvalue weighted by atomic mass is 10.0. The van der Waals surface area contributed by atoms with Gasteiger partial charge < -0.3 is 20.3 Å². The molecule has 7 heteroatoms. The Hall–Kier alpha value is -1.34. The normalized spacial score (nSPS) is 14.8. The molecule has 1 aliphatic heterocycles. The number of ether oxygens (including phenoxy) is 2. The number of rotatable bonds is 3. The molecule has 0 bridgehead atoms. The molecule has 3 N–H and O–H groups in total. The first kappa shape index (κ1) is 12.1. The van der Waals surface area contributed by atoms with Crippen LogP contribution in [0.1, 0.15) is 5.56 Å². The van der Waals surface area contributed by atoms with Crippen molar-refractivity contribution < 1.29 is 23.8 Å². The van der Waals surface area contributed by atoms with E-state index in [1.54, 1.807) is 0 Å². The van der Waals surface area contributed by atoms with E-state index in [1.165, 1.54) is 6.07 Å². The maximum absolute atomic E-state index is 13.8. The van der Waals surface area contributed by atoms with Gasteiger partial charge in [-0.2, -0.15) is 0 Å². The van der Waals surface area contributed by atoms with Crippen LogP contribution in [0.3, 0.4) is 0 Å². The summed E-state index contributed by atoms with van der Waals surface area (Å²) in [6.45, 7) is -0.0134. The molecule has 0 spiro atoms. The highest BCUT2D eigenvalue weighted by Crippen LogP contribution is 2.41. The lowest BCUT2D eigenvalue weighted by Crippen LogP contribution is -2.32. The zero-order valence-electron chi connectivity index (χ0n) is 8.57. The Morgan fingerprint density at radius 1 is 1.65 bits per heavy atom. The summed E-state index contributed by atoms with van der Waals surface area (Å²) in [7, 11) is 0. The Balaban J connectivity index is 2.42. The van der Waals surface area contributed by atoms with E-state index in [0.717, 1.165) is 0 Å². The number of carboxylic acids is 1. The van der Waals surface area contributed by atoms with Gasteiger partial charge >= 0.3 is 5.97 Å². The van der Waals surface area contributed by atoms with Gasteiger partial charge in [0.25, 0.3) is 0 Å². The van der Waals surface area contributed by atoms with Crippen molar-refractivity contribution in [1.82, 2.24) is 0 Å². The lowest BCUT2D eigenvalue weighted by molar-refractivity contribution is -0.138. The second kappa shape index (κ2) is 4.50. The quantitative estimate of drug-likeness (QED) is 0.879. The molecule has 92 valence electrons. The molecule has 1 atom stereocenters. The molecule has 2 rings (SSSR count). The third-order valence-electron chi connectivity index (χ3n) is 2.39. The number of carbonyl (C=O) groups is 1. The first-order chi connectivity index (χ1) is 8.00. The molecule has 0 saturated carbocycles. The predicted molar refractivity (Wildman–Crippen MR) is 59.5 cm³/mol. The summed E-state index contributed by atoms with van der Waals surface area (Å²) in [6, 6.07) is 0.250. The van der Waals surface area contributed by atoms with E-state index in [9.17, 15) is 9.18 Å². The van der Waals surface area contributed by atoms with Crippen LogP contribution < -0.4 is 15.2 Å². The number of aliphatic carboxylic acids is 1. The lowest BCUT2D eigenvalue weighted by Gasteiger charge is -2.11. The average molecular weight is 306 g/mol. The van der Waals surface area contributed by atoms with Crippen molar-refractivity contribution in [3.05, 3.63) is 21.9 Å². The molecule has 1 heterocycles. The minimum absolute atomic E-state index is 0.0134. The second-order valence-corrected chi connectivity index (χ2v) is 4.39. The molecule has 1 aliphatic rings. The van der Waals surface area contributed by atoms with Crippen LogP contribution >= 0.6 is 15.9 Å². The van der Waals surface area contributed by atoms with Crippen molar-refractivity contribution in [3.63, 3.8) is 0 Å². The van der Waals surface area contributed by atoms with Gasteiger partial charge in [0.1, 0.15) is 11.9 Å². The fourth-order valence-corrected chi connectivity index (χ4v) is 1.99. The number of benzene rings is 1. The molecule has 0 fully saturated rings. The summed E-state index contributed by atoms with van der Waals surface area (Å²) in [4.78, 5) is 10.7. The summed E-state index contributed by atoms with van der Waals surface area (Å²) < 4.78 is 24.3. The van der Waals surface area contributed by atoms with E-state index in [1.807, 2.05) is 0 Å². The van der Waals surface area contributed by atoms with Crippen molar-refractivity contribution >= 4 is 21.9 Å². The van der Waals surface area contributed by atoms with E-state index in [0.29, 0.717) is 5.75 Å².